The third-order valence-electron chi connectivity index (χ3n) is 3.28. The minimum Gasteiger partial charge on any atom is -0.450 e. The summed E-state index contributed by atoms with van der Waals surface area (Å²) in [4.78, 5) is 34.0. The molecular formula is C13H14N2O6. The van der Waals surface area contributed by atoms with Crippen molar-refractivity contribution in [1.82, 2.24) is 4.90 Å². The molecule has 0 spiro atoms. The number of carbonyl (C=O) groups is 2. The maximum atomic E-state index is 11.6. The van der Waals surface area contributed by atoms with Crippen LogP contribution in [0.4, 0.5) is 10.5 Å². The molecule has 8 nitrogen and oxygen atoms in total. The zero-order valence-corrected chi connectivity index (χ0v) is 11.1. The molecule has 1 atom stereocenters. The van der Waals surface area contributed by atoms with Gasteiger partial charge in [0.05, 0.1) is 11.5 Å². The maximum absolute atomic E-state index is 11.6. The van der Waals surface area contributed by atoms with Gasteiger partial charge in [0.25, 0.3) is 5.69 Å². The summed E-state index contributed by atoms with van der Waals surface area (Å²) in [6.07, 6.45) is -1.13. The van der Waals surface area contributed by atoms with Crippen LogP contribution in [0.2, 0.25) is 0 Å². The Hall–Kier alpha value is -2.64. The zero-order valence-electron chi connectivity index (χ0n) is 11.1. The number of ether oxygens (including phenoxy) is 1. The second kappa shape index (κ2) is 6.21. The second-order valence-electron chi connectivity index (χ2n) is 4.66. The molecule has 1 aromatic carbocycles. The van der Waals surface area contributed by atoms with Crippen LogP contribution in [0.1, 0.15) is 24.5 Å². The zero-order chi connectivity index (χ0) is 15.4. The Bertz CT molecular complexity index is 556. The number of carbonyl (C=O) groups excluding carboxylic acids is 1. The molecule has 1 aliphatic heterocycles. The van der Waals surface area contributed by atoms with Crippen molar-refractivity contribution in [3.8, 4) is 0 Å². The Balaban J connectivity index is 2.16. The maximum Gasteiger partial charge on any atom is 0.506 e. The van der Waals surface area contributed by atoms with Gasteiger partial charge in [-0.3, -0.25) is 14.9 Å². The summed E-state index contributed by atoms with van der Waals surface area (Å²) in [5.74, 6) is -0.0455. The van der Waals surface area contributed by atoms with Gasteiger partial charge in [0.1, 0.15) is 6.10 Å². The molecule has 1 fully saturated rings. The van der Waals surface area contributed by atoms with Gasteiger partial charge in [-0.05, 0) is 24.1 Å². The molecule has 21 heavy (non-hydrogen) atoms. The van der Waals surface area contributed by atoms with E-state index in [9.17, 15) is 19.7 Å². The number of benzene rings is 1. The molecule has 1 aliphatic rings. The van der Waals surface area contributed by atoms with Crippen LogP contribution in [0.3, 0.4) is 0 Å². The van der Waals surface area contributed by atoms with Gasteiger partial charge in [-0.25, -0.2) is 4.79 Å². The first kappa shape index (κ1) is 14.8. The summed E-state index contributed by atoms with van der Waals surface area (Å²) in [5.41, 5.74) is 0.382. The van der Waals surface area contributed by atoms with E-state index < -0.39 is 17.2 Å². The molecule has 1 unspecified atom stereocenters. The van der Waals surface area contributed by atoms with E-state index in [0.717, 1.165) is 6.42 Å². The second-order valence-corrected chi connectivity index (χ2v) is 4.66. The number of nitrogens with zero attached hydrogens (tertiary/aromatic N) is 2. The predicted octanol–water partition coefficient (Wildman–Crippen LogP) is 1.95. The minimum atomic E-state index is -1.45. The summed E-state index contributed by atoms with van der Waals surface area (Å²) >= 11 is 0. The first-order chi connectivity index (χ1) is 9.97. The monoisotopic (exact) mass is 294 g/mol. The highest BCUT2D eigenvalue weighted by atomic mass is 16.7. The van der Waals surface area contributed by atoms with Gasteiger partial charge < -0.3 is 14.7 Å². The summed E-state index contributed by atoms with van der Waals surface area (Å²) in [5, 5.41) is 19.4. The molecule has 0 radical (unpaired) electrons. The number of hydrogen-bond acceptors (Lipinski definition) is 5. The number of rotatable bonds is 5. The van der Waals surface area contributed by atoms with E-state index in [0.29, 0.717) is 18.5 Å². The summed E-state index contributed by atoms with van der Waals surface area (Å²) in [7, 11) is 0. The quantitative estimate of drug-likeness (QED) is 0.505. The molecule has 1 amide bonds. The van der Waals surface area contributed by atoms with Crippen molar-refractivity contribution in [2.24, 2.45) is 0 Å². The first-order valence-electron chi connectivity index (χ1n) is 6.39. The van der Waals surface area contributed by atoms with Gasteiger partial charge in [-0.15, -0.1) is 0 Å². The fourth-order valence-corrected chi connectivity index (χ4v) is 2.24. The van der Waals surface area contributed by atoms with E-state index in [-0.39, 0.29) is 18.1 Å². The van der Waals surface area contributed by atoms with Crippen LogP contribution in [0, 0.1) is 10.1 Å². The SMILES string of the molecule is O=C(O)OC(CN1CCCC1=O)c1ccc([N+](=O)[O-])cc1. The topological polar surface area (TPSA) is 110 Å². The largest absolute Gasteiger partial charge is 0.506 e. The van der Waals surface area contributed by atoms with Crippen molar-refractivity contribution in [3.05, 3.63) is 39.9 Å². The van der Waals surface area contributed by atoms with Gasteiger partial charge in [0, 0.05) is 25.1 Å². The van der Waals surface area contributed by atoms with Crippen LogP contribution in [0.25, 0.3) is 0 Å². The van der Waals surface area contributed by atoms with E-state index in [1.807, 2.05) is 0 Å². The summed E-state index contributed by atoms with van der Waals surface area (Å²) in [6, 6.07) is 5.43. The number of likely N-dealkylation sites (tertiary alicyclic amines) is 1. The van der Waals surface area contributed by atoms with E-state index in [1.165, 1.54) is 29.2 Å². The molecule has 1 aromatic rings. The van der Waals surface area contributed by atoms with Gasteiger partial charge in [-0.1, -0.05) is 0 Å². The molecule has 1 saturated heterocycles. The predicted molar refractivity (Wildman–Crippen MR) is 70.8 cm³/mol. The lowest BCUT2D eigenvalue weighted by Gasteiger charge is -2.23. The Morgan fingerprint density at radius 3 is 2.57 bits per heavy atom. The van der Waals surface area contributed by atoms with Crippen LogP contribution in [-0.4, -0.2) is 40.1 Å². The molecular weight excluding hydrogens is 280 g/mol. The average molecular weight is 294 g/mol. The van der Waals surface area contributed by atoms with Crippen molar-refractivity contribution in [2.75, 3.05) is 13.1 Å². The van der Waals surface area contributed by atoms with Crippen LogP contribution < -0.4 is 0 Å². The standard InChI is InChI=1S/C13H14N2O6/c16-12-2-1-7-14(12)8-11(21-13(17)18)9-3-5-10(6-4-9)15(19)20/h3-6,11H,1-2,7-8H2,(H,17,18). The fourth-order valence-electron chi connectivity index (χ4n) is 2.24. The van der Waals surface area contributed by atoms with Gasteiger partial charge in [0.2, 0.25) is 5.91 Å². The Kier molecular flexibility index (Phi) is 4.36. The third kappa shape index (κ3) is 3.68. The number of carboxylic acid groups (broad SMARTS) is 1. The molecule has 0 aromatic heterocycles. The summed E-state index contributed by atoms with van der Waals surface area (Å²) < 4.78 is 4.80. The highest BCUT2D eigenvalue weighted by molar-refractivity contribution is 5.78. The number of hydrogen-bond donors (Lipinski definition) is 1. The molecule has 2 rings (SSSR count). The Morgan fingerprint density at radius 2 is 2.10 bits per heavy atom. The average Bonchev–Trinajstić information content (AvgIpc) is 2.83. The number of non-ortho nitro benzene ring substituents is 1. The molecule has 1 heterocycles. The highest BCUT2D eigenvalue weighted by Gasteiger charge is 2.26. The normalized spacial score (nSPS) is 15.8. The Labute approximate surface area is 120 Å². The van der Waals surface area contributed by atoms with Crippen LogP contribution in [0.5, 0.6) is 0 Å². The van der Waals surface area contributed by atoms with Gasteiger partial charge >= 0.3 is 6.16 Å². The van der Waals surface area contributed by atoms with E-state index in [4.69, 9.17) is 9.84 Å². The summed E-state index contributed by atoms with van der Waals surface area (Å²) in [6.45, 7) is 0.675. The minimum absolute atomic E-state index is 0.0455. The lowest BCUT2D eigenvalue weighted by Crippen LogP contribution is -2.31. The van der Waals surface area contributed by atoms with Crippen molar-refractivity contribution < 1.29 is 24.4 Å². The van der Waals surface area contributed by atoms with Crippen molar-refractivity contribution in [3.63, 3.8) is 0 Å². The van der Waals surface area contributed by atoms with Crippen molar-refractivity contribution in [2.45, 2.75) is 18.9 Å². The van der Waals surface area contributed by atoms with E-state index in [2.05, 4.69) is 0 Å². The van der Waals surface area contributed by atoms with E-state index in [1.54, 1.807) is 0 Å². The smallest absolute Gasteiger partial charge is 0.450 e. The number of amides is 1. The lowest BCUT2D eigenvalue weighted by molar-refractivity contribution is -0.384. The Morgan fingerprint density at radius 1 is 1.43 bits per heavy atom. The molecule has 0 saturated carbocycles. The fraction of sp³-hybridized carbons (Fsp3) is 0.385. The molecule has 0 aliphatic carbocycles. The highest BCUT2D eigenvalue weighted by Crippen LogP contribution is 2.24. The third-order valence-corrected chi connectivity index (χ3v) is 3.28. The molecule has 0 bridgehead atoms. The van der Waals surface area contributed by atoms with Crippen molar-refractivity contribution >= 4 is 17.7 Å². The molecule has 1 N–H and O–H groups in total. The van der Waals surface area contributed by atoms with Crippen molar-refractivity contribution in [1.29, 1.82) is 0 Å². The van der Waals surface area contributed by atoms with Crippen LogP contribution >= 0.6 is 0 Å². The van der Waals surface area contributed by atoms with Gasteiger partial charge in [0.15, 0.2) is 0 Å². The number of nitro benzene ring substituents is 1. The van der Waals surface area contributed by atoms with Crippen LogP contribution in [-0.2, 0) is 9.53 Å². The number of nitro groups is 1. The lowest BCUT2D eigenvalue weighted by atomic mass is 10.1. The van der Waals surface area contributed by atoms with Crippen LogP contribution in [0.15, 0.2) is 24.3 Å². The van der Waals surface area contributed by atoms with Gasteiger partial charge in [-0.2, -0.15) is 0 Å². The first-order valence-corrected chi connectivity index (χ1v) is 6.39. The van der Waals surface area contributed by atoms with E-state index >= 15 is 0 Å². The molecule has 8 heteroatoms. The molecule has 112 valence electrons.